The highest BCUT2D eigenvalue weighted by Gasteiger charge is 2.13. The van der Waals surface area contributed by atoms with Crippen molar-refractivity contribution in [2.45, 2.75) is 6.10 Å². The van der Waals surface area contributed by atoms with Crippen LogP contribution < -0.4 is 5.32 Å². The quantitative estimate of drug-likeness (QED) is 0.881. The van der Waals surface area contributed by atoms with Gasteiger partial charge >= 0.3 is 0 Å². The van der Waals surface area contributed by atoms with Gasteiger partial charge in [0, 0.05) is 24.9 Å². The Morgan fingerprint density at radius 1 is 1.58 bits per heavy atom. The lowest BCUT2D eigenvalue weighted by atomic mass is 10.1. The van der Waals surface area contributed by atoms with Gasteiger partial charge < -0.3 is 10.1 Å². The number of aromatic nitrogens is 2. The van der Waals surface area contributed by atoms with Crippen molar-refractivity contribution in [2.75, 3.05) is 13.7 Å². The highest BCUT2D eigenvalue weighted by Crippen LogP contribution is 2.19. The van der Waals surface area contributed by atoms with Crippen molar-refractivity contribution in [1.82, 2.24) is 15.5 Å². The zero-order valence-corrected chi connectivity index (χ0v) is 11.1. The molecular formula is C13H14ClN3O2. The Bertz CT molecular complexity index is 543. The Morgan fingerprint density at radius 3 is 3.05 bits per heavy atom. The molecule has 1 aromatic heterocycles. The van der Waals surface area contributed by atoms with E-state index < -0.39 is 0 Å². The minimum Gasteiger partial charge on any atom is -0.375 e. The van der Waals surface area contributed by atoms with Gasteiger partial charge in [-0.25, -0.2) is 0 Å². The number of hydrogen-bond acceptors (Lipinski definition) is 3. The molecule has 1 atom stereocenters. The first-order chi connectivity index (χ1) is 9.20. The lowest BCUT2D eigenvalue weighted by Crippen LogP contribution is -2.28. The minimum atomic E-state index is -0.241. The summed E-state index contributed by atoms with van der Waals surface area (Å²) in [6.45, 7) is 0.362. The van der Waals surface area contributed by atoms with Gasteiger partial charge in [-0.1, -0.05) is 23.7 Å². The number of methoxy groups -OCH3 is 1. The lowest BCUT2D eigenvalue weighted by molar-refractivity contribution is 0.0828. The van der Waals surface area contributed by atoms with Crippen LogP contribution in [-0.2, 0) is 4.74 Å². The van der Waals surface area contributed by atoms with Crippen LogP contribution in [0.5, 0.6) is 0 Å². The highest BCUT2D eigenvalue weighted by atomic mass is 35.5. The van der Waals surface area contributed by atoms with E-state index in [2.05, 4.69) is 15.5 Å². The summed E-state index contributed by atoms with van der Waals surface area (Å²) in [5.74, 6) is -0.196. The van der Waals surface area contributed by atoms with Gasteiger partial charge in [0.15, 0.2) is 0 Å². The third kappa shape index (κ3) is 3.56. The summed E-state index contributed by atoms with van der Waals surface area (Å²) in [5, 5.41) is 9.74. The van der Waals surface area contributed by atoms with E-state index in [9.17, 15) is 4.79 Å². The number of nitrogens with zero attached hydrogens (tertiary/aromatic N) is 1. The van der Waals surface area contributed by atoms with Crippen molar-refractivity contribution >= 4 is 17.5 Å². The number of rotatable bonds is 5. The van der Waals surface area contributed by atoms with Crippen molar-refractivity contribution in [2.24, 2.45) is 0 Å². The number of H-pyrrole nitrogens is 1. The Kier molecular flexibility index (Phi) is 4.54. The van der Waals surface area contributed by atoms with Gasteiger partial charge in [0.05, 0.1) is 17.9 Å². The maximum atomic E-state index is 11.8. The zero-order chi connectivity index (χ0) is 13.7. The average molecular weight is 280 g/mol. The second-order valence-electron chi connectivity index (χ2n) is 3.98. The number of halogens is 1. The Morgan fingerprint density at radius 2 is 2.42 bits per heavy atom. The average Bonchev–Trinajstić information content (AvgIpc) is 2.93. The Balaban J connectivity index is 1.98. The van der Waals surface area contributed by atoms with Crippen molar-refractivity contribution in [3.63, 3.8) is 0 Å². The number of ether oxygens (including phenoxy) is 1. The Labute approximate surface area is 115 Å². The van der Waals surface area contributed by atoms with Gasteiger partial charge in [0.1, 0.15) is 0 Å². The molecule has 0 radical (unpaired) electrons. The van der Waals surface area contributed by atoms with Crippen molar-refractivity contribution in [3.05, 3.63) is 52.8 Å². The molecule has 2 N–H and O–H groups in total. The number of amides is 1. The molecule has 6 heteroatoms. The van der Waals surface area contributed by atoms with E-state index in [-0.39, 0.29) is 12.0 Å². The van der Waals surface area contributed by atoms with E-state index in [0.29, 0.717) is 17.1 Å². The molecule has 0 saturated carbocycles. The van der Waals surface area contributed by atoms with Crippen LogP contribution in [-0.4, -0.2) is 29.8 Å². The zero-order valence-electron chi connectivity index (χ0n) is 10.4. The molecule has 0 bridgehead atoms. The normalized spacial score (nSPS) is 12.1. The van der Waals surface area contributed by atoms with E-state index in [1.807, 2.05) is 18.2 Å². The van der Waals surface area contributed by atoms with Gasteiger partial charge in [0.25, 0.3) is 5.91 Å². The van der Waals surface area contributed by atoms with Gasteiger partial charge in [0.2, 0.25) is 0 Å². The van der Waals surface area contributed by atoms with E-state index in [1.54, 1.807) is 13.2 Å². The molecule has 19 heavy (non-hydrogen) atoms. The predicted molar refractivity (Wildman–Crippen MR) is 72.1 cm³/mol. The summed E-state index contributed by atoms with van der Waals surface area (Å²) >= 11 is 5.93. The number of hydrogen-bond donors (Lipinski definition) is 2. The summed E-state index contributed by atoms with van der Waals surface area (Å²) < 4.78 is 5.36. The maximum Gasteiger partial charge on any atom is 0.254 e. The van der Waals surface area contributed by atoms with Crippen molar-refractivity contribution < 1.29 is 9.53 Å². The first kappa shape index (κ1) is 13.6. The maximum absolute atomic E-state index is 11.8. The topological polar surface area (TPSA) is 67.0 Å². The standard InChI is InChI=1S/C13H14ClN3O2/c1-19-12(9-3-2-4-11(14)5-9)8-15-13(18)10-6-16-17-7-10/h2-7,12H,8H2,1H3,(H,15,18)(H,16,17). The van der Waals surface area contributed by atoms with Gasteiger partial charge in [-0.15, -0.1) is 0 Å². The fourth-order valence-corrected chi connectivity index (χ4v) is 1.91. The van der Waals surface area contributed by atoms with E-state index in [0.717, 1.165) is 5.56 Å². The molecule has 0 saturated heterocycles. The lowest BCUT2D eigenvalue weighted by Gasteiger charge is -2.16. The number of benzene rings is 1. The van der Waals surface area contributed by atoms with E-state index in [4.69, 9.17) is 16.3 Å². The molecule has 0 spiro atoms. The molecule has 0 aliphatic heterocycles. The summed E-state index contributed by atoms with van der Waals surface area (Å²) in [6, 6.07) is 7.37. The largest absolute Gasteiger partial charge is 0.375 e. The predicted octanol–water partition coefficient (Wildman–Crippen LogP) is 2.18. The number of nitrogens with one attached hydrogen (secondary N) is 2. The van der Waals surface area contributed by atoms with Crippen LogP contribution in [0.15, 0.2) is 36.7 Å². The Hall–Kier alpha value is -1.85. The van der Waals surface area contributed by atoms with Crippen LogP contribution in [0.25, 0.3) is 0 Å². The summed E-state index contributed by atoms with van der Waals surface area (Å²) in [5.41, 5.74) is 1.41. The van der Waals surface area contributed by atoms with Gasteiger partial charge in [-0.05, 0) is 17.7 Å². The molecule has 2 rings (SSSR count). The van der Waals surface area contributed by atoms with Crippen molar-refractivity contribution in [1.29, 1.82) is 0 Å². The molecule has 5 nitrogen and oxygen atoms in total. The number of carbonyl (C=O) groups is 1. The van der Waals surface area contributed by atoms with Crippen LogP contribution in [0.1, 0.15) is 22.0 Å². The van der Waals surface area contributed by atoms with Gasteiger partial charge in [-0.3, -0.25) is 9.89 Å². The van der Waals surface area contributed by atoms with Crippen LogP contribution in [0.2, 0.25) is 5.02 Å². The molecule has 1 heterocycles. The van der Waals surface area contributed by atoms with Crippen molar-refractivity contribution in [3.8, 4) is 0 Å². The summed E-state index contributed by atoms with van der Waals surface area (Å²) in [4.78, 5) is 11.8. The molecular weight excluding hydrogens is 266 g/mol. The smallest absolute Gasteiger partial charge is 0.254 e. The van der Waals surface area contributed by atoms with Crippen LogP contribution in [0, 0.1) is 0 Å². The molecule has 0 aliphatic rings. The van der Waals surface area contributed by atoms with Gasteiger partial charge in [-0.2, -0.15) is 5.10 Å². The minimum absolute atomic E-state index is 0.196. The first-order valence-electron chi connectivity index (χ1n) is 5.76. The van der Waals surface area contributed by atoms with Crippen LogP contribution in [0.3, 0.4) is 0 Å². The second-order valence-corrected chi connectivity index (χ2v) is 4.41. The molecule has 1 unspecified atom stereocenters. The summed E-state index contributed by atoms with van der Waals surface area (Å²) in [7, 11) is 1.59. The number of aromatic amines is 1. The number of carbonyl (C=O) groups excluding carboxylic acids is 1. The van der Waals surface area contributed by atoms with E-state index >= 15 is 0 Å². The first-order valence-corrected chi connectivity index (χ1v) is 6.13. The molecule has 0 aliphatic carbocycles. The molecule has 100 valence electrons. The fourth-order valence-electron chi connectivity index (χ4n) is 1.71. The second kappa shape index (κ2) is 6.36. The molecule has 2 aromatic rings. The molecule has 0 fully saturated rings. The SMILES string of the molecule is COC(CNC(=O)c1cn[nH]c1)c1cccc(Cl)c1. The highest BCUT2D eigenvalue weighted by molar-refractivity contribution is 6.30. The molecule has 1 amide bonds. The third-order valence-electron chi connectivity index (χ3n) is 2.71. The third-order valence-corrected chi connectivity index (χ3v) is 2.95. The molecule has 1 aromatic carbocycles. The fraction of sp³-hybridized carbons (Fsp3) is 0.231. The monoisotopic (exact) mass is 279 g/mol. The van der Waals surface area contributed by atoms with E-state index in [1.165, 1.54) is 12.4 Å². The van der Waals surface area contributed by atoms with Crippen LogP contribution in [0.4, 0.5) is 0 Å². The van der Waals surface area contributed by atoms with Crippen LogP contribution >= 0.6 is 11.6 Å². The summed E-state index contributed by atoms with van der Waals surface area (Å²) in [6.07, 6.45) is 2.77.